The fourth-order valence-electron chi connectivity index (χ4n) is 2.36. The van der Waals surface area contributed by atoms with Crippen LogP contribution in [0.15, 0.2) is 29.9 Å². The molecule has 0 amide bonds. The molecule has 0 bridgehead atoms. The second-order valence-corrected chi connectivity index (χ2v) is 7.17. The minimum atomic E-state index is -3.58. The van der Waals surface area contributed by atoms with Gasteiger partial charge in [-0.3, -0.25) is 0 Å². The first-order valence-corrected chi connectivity index (χ1v) is 8.51. The Bertz CT molecular complexity index is 769. The van der Waals surface area contributed by atoms with Gasteiger partial charge in [-0.1, -0.05) is 0 Å². The van der Waals surface area contributed by atoms with Gasteiger partial charge in [0, 0.05) is 26.3 Å². The van der Waals surface area contributed by atoms with E-state index in [0.29, 0.717) is 25.9 Å². The summed E-state index contributed by atoms with van der Waals surface area (Å²) in [7, 11) is -1.86. The SMILES string of the molecule is Cn1cnc(S(=O)(=O)N2CCC(Oc3ncc(F)cn3)CC2)c1. The molecular formula is C13H16FN5O3S. The van der Waals surface area contributed by atoms with E-state index in [-0.39, 0.29) is 17.1 Å². The predicted octanol–water partition coefficient (Wildman–Crippen LogP) is 0.581. The van der Waals surface area contributed by atoms with E-state index in [1.165, 1.54) is 16.8 Å². The first-order valence-electron chi connectivity index (χ1n) is 7.07. The Kier molecular flexibility index (Phi) is 4.26. The normalized spacial score (nSPS) is 17.3. The van der Waals surface area contributed by atoms with E-state index in [9.17, 15) is 12.8 Å². The van der Waals surface area contributed by atoms with Gasteiger partial charge in [-0.15, -0.1) is 0 Å². The van der Waals surface area contributed by atoms with E-state index >= 15 is 0 Å². The fourth-order valence-corrected chi connectivity index (χ4v) is 3.79. The van der Waals surface area contributed by atoms with Gasteiger partial charge in [0.05, 0.1) is 18.7 Å². The number of halogens is 1. The van der Waals surface area contributed by atoms with E-state index in [4.69, 9.17) is 4.74 Å². The van der Waals surface area contributed by atoms with Crippen LogP contribution in [0.4, 0.5) is 4.39 Å². The lowest BCUT2D eigenvalue weighted by Crippen LogP contribution is -2.42. The number of aryl methyl sites for hydroxylation is 1. The van der Waals surface area contributed by atoms with Crippen molar-refractivity contribution in [2.45, 2.75) is 24.0 Å². The van der Waals surface area contributed by atoms with Crippen molar-refractivity contribution in [3.8, 4) is 6.01 Å². The Labute approximate surface area is 133 Å². The summed E-state index contributed by atoms with van der Waals surface area (Å²) >= 11 is 0. The zero-order valence-corrected chi connectivity index (χ0v) is 13.3. The van der Waals surface area contributed by atoms with Crippen molar-refractivity contribution in [3.63, 3.8) is 0 Å². The van der Waals surface area contributed by atoms with Crippen molar-refractivity contribution in [2.24, 2.45) is 7.05 Å². The highest BCUT2D eigenvalue weighted by atomic mass is 32.2. The van der Waals surface area contributed by atoms with Crippen molar-refractivity contribution >= 4 is 10.0 Å². The minimum Gasteiger partial charge on any atom is -0.460 e. The van der Waals surface area contributed by atoms with Crippen LogP contribution in [0.3, 0.4) is 0 Å². The second-order valence-electron chi connectivity index (χ2n) is 5.28. The summed E-state index contributed by atoms with van der Waals surface area (Å²) in [5.74, 6) is -0.534. The number of hydrogen-bond acceptors (Lipinski definition) is 6. The Morgan fingerprint density at radius 3 is 2.43 bits per heavy atom. The number of rotatable bonds is 4. The van der Waals surface area contributed by atoms with Gasteiger partial charge in [0.1, 0.15) is 6.10 Å². The van der Waals surface area contributed by atoms with Crippen LogP contribution in [-0.4, -0.2) is 51.4 Å². The molecule has 2 aromatic heterocycles. The third-order valence-corrected chi connectivity index (χ3v) is 5.34. The minimum absolute atomic E-state index is 0.0428. The van der Waals surface area contributed by atoms with E-state index < -0.39 is 15.8 Å². The molecule has 0 radical (unpaired) electrons. The largest absolute Gasteiger partial charge is 0.460 e. The van der Waals surface area contributed by atoms with E-state index in [0.717, 1.165) is 12.4 Å². The third kappa shape index (κ3) is 3.48. The summed E-state index contributed by atoms with van der Waals surface area (Å²) in [5, 5.41) is 0.0428. The lowest BCUT2D eigenvalue weighted by atomic mass is 10.1. The molecule has 2 aromatic rings. The second kappa shape index (κ2) is 6.20. The van der Waals surface area contributed by atoms with Crippen molar-refractivity contribution in [3.05, 3.63) is 30.7 Å². The summed E-state index contributed by atoms with van der Waals surface area (Å²) in [4.78, 5) is 11.4. The number of hydrogen-bond donors (Lipinski definition) is 0. The summed E-state index contributed by atoms with van der Waals surface area (Å²) in [6.07, 6.45) is 5.81. The van der Waals surface area contributed by atoms with Crippen LogP contribution in [0.5, 0.6) is 6.01 Å². The molecule has 3 heterocycles. The Hall–Kier alpha value is -2.07. The molecule has 0 N–H and O–H groups in total. The number of sulfonamides is 1. The molecule has 1 saturated heterocycles. The molecular weight excluding hydrogens is 325 g/mol. The highest BCUT2D eigenvalue weighted by molar-refractivity contribution is 7.89. The first-order chi connectivity index (χ1) is 10.9. The van der Waals surface area contributed by atoms with Gasteiger partial charge >= 0.3 is 6.01 Å². The number of nitrogens with zero attached hydrogens (tertiary/aromatic N) is 5. The van der Waals surface area contributed by atoms with Crippen LogP contribution in [0.2, 0.25) is 0 Å². The molecule has 124 valence electrons. The summed E-state index contributed by atoms with van der Waals surface area (Å²) in [5.41, 5.74) is 0. The predicted molar refractivity (Wildman–Crippen MR) is 77.6 cm³/mol. The van der Waals surface area contributed by atoms with Gasteiger partial charge in [0.25, 0.3) is 10.0 Å². The van der Waals surface area contributed by atoms with Gasteiger partial charge in [0.2, 0.25) is 0 Å². The topological polar surface area (TPSA) is 90.2 Å². The lowest BCUT2D eigenvalue weighted by Gasteiger charge is -2.30. The number of piperidine rings is 1. The molecule has 0 atom stereocenters. The molecule has 0 unspecified atom stereocenters. The molecule has 10 heteroatoms. The standard InChI is InChI=1S/C13H16FN5O3S/c1-18-8-12(17-9-18)23(20,21)19-4-2-11(3-5-19)22-13-15-6-10(14)7-16-13/h6-9,11H,2-5H2,1H3. The first kappa shape index (κ1) is 15.8. The zero-order chi connectivity index (χ0) is 16.4. The van der Waals surface area contributed by atoms with Gasteiger partial charge in [-0.05, 0) is 12.8 Å². The monoisotopic (exact) mass is 341 g/mol. The average Bonchev–Trinajstić information content (AvgIpc) is 2.98. The smallest absolute Gasteiger partial charge is 0.316 e. The summed E-state index contributed by atoms with van der Waals surface area (Å²) < 4.78 is 46.2. The van der Waals surface area contributed by atoms with Crippen LogP contribution in [0.25, 0.3) is 0 Å². The zero-order valence-electron chi connectivity index (χ0n) is 12.5. The molecule has 0 spiro atoms. The maximum absolute atomic E-state index is 12.7. The maximum atomic E-state index is 12.7. The summed E-state index contributed by atoms with van der Waals surface area (Å²) in [6.45, 7) is 0.648. The van der Waals surface area contributed by atoms with Crippen LogP contribution >= 0.6 is 0 Å². The van der Waals surface area contributed by atoms with Gasteiger partial charge in [-0.25, -0.2) is 27.8 Å². The third-order valence-electron chi connectivity index (χ3n) is 3.56. The maximum Gasteiger partial charge on any atom is 0.316 e. The lowest BCUT2D eigenvalue weighted by molar-refractivity contribution is 0.123. The molecule has 8 nitrogen and oxygen atoms in total. The highest BCUT2D eigenvalue weighted by Crippen LogP contribution is 2.21. The van der Waals surface area contributed by atoms with Crippen molar-refractivity contribution in [1.29, 1.82) is 0 Å². The highest BCUT2D eigenvalue weighted by Gasteiger charge is 2.31. The van der Waals surface area contributed by atoms with Gasteiger partial charge in [0.15, 0.2) is 10.8 Å². The van der Waals surface area contributed by atoms with E-state index in [1.54, 1.807) is 11.6 Å². The molecule has 3 rings (SSSR count). The van der Waals surface area contributed by atoms with E-state index in [1.807, 2.05) is 0 Å². The number of imidazole rings is 1. The average molecular weight is 341 g/mol. The Morgan fingerprint density at radius 2 is 1.87 bits per heavy atom. The Morgan fingerprint density at radius 1 is 1.22 bits per heavy atom. The summed E-state index contributed by atoms with van der Waals surface area (Å²) in [6, 6.07) is 0.0948. The molecule has 23 heavy (non-hydrogen) atoms. The van der Waals surface area contributed by atoms with Crippen molar-refractivity contribution < 1.29 is 17.5 Å². The quantitative estimate of drug-likeness (QED) is 0.808. The number of aromatic nitrogens is 4. The van der Waals surface area contributed by atoms with Crippen LogP contribution in [0, 0.1) is 5.82 Å². The fraction of sp³-hybridized carbons (Fsp3) is 0.462. The van der Waals surface area contributed by atoms with E-state index in [2.05, 4.69) is 15.0 Å². The Balaban J connectivity index is 1.61. The molecule has 0 saturated carbocycles. The van der Waals surface area contributed by atoms with Gasteiger partial charge in [-0.2, -0.15) is 4.31 Å². The molecule has 0 aliphatic carbocycles. The molecule has 0 aromatic carbocycles. The van der Waals surface area contributed by atoms with Crippen LogP contribution < -0.4 is 4.74 Å². The van der Waals surface area contributed by atoms with Crippen molar-refractivity contribution in [1.82, 2.24) is 23.8 Å². The van der Waals surface area contributed by atoms with Gasteiger partial charge < -0.3 is 9.30 Å². The number of ether oxygens (including phenoxy) is 1. The molecule has 1 aliphatic heterocycles. The van der Waals surface area contributed by atoms with Crippen molar-refractivity contribution in [2.75, 3.05) is 13.1 Å². The molecule has 1 aliphatic rings. The molecule has 1 fully saturated rings. The van der Waals surface area contributed by atoms with Crippen LogP contribution in [0.1, 0.15) is 12.8 Å². The van der Waals surface area contributed by atoms with Crippen LogP contribution in [-0.2, 0) is 17.1 Å².